The van der Waals surface area contributed by atoms with Gasteiger partial charge in [-0.15, -0.1) is 6.58 Å². The quantitative estimate of drug-likeness (QED) is 0.547. The number of nitrogens with one attached hydrogen (secondary N) is 1. The normalized spacial score (nSPS) is 12.2. The van der Waals surface area contributed by atoms with Crippen molar-refractivity contribution in [1.29, 1.82) is 0 Å². The molecule has 0 aliphatic carbocycles. The molecule has 0 spiro atoms. The molecule has 1 unspecified atom stereocenters. The van der Waals surface area contributed by atoms with E-state index < -0.39 is 6.10 Å². The molecule has 0 aromatic rings. The molecule has 0 aliphatic rings. The molecule has 0 aromatic heterocycles. The van der Waals surface area contributed by atoms with Crippen molar-refractivity contribution in [2.24, 2.45) is 0 Å². The van der Waals surface area contributed by atoms with E-state index in [1.165, 1.54) is 6.08 Å². The Balaban J connectivity index is 3.58. The van der Waals surface area contributed by atoms with Gasteiger partial charge in [-0.2, -0.15) is 0 Å². The van der Waals surface area contributed by atoms with E-state index in [0.717, 1.165) is 0 Å². The molecule has 3 nitrogen and oxygen atoms in total. The van der Waals surface area contributed by atoms with Crippen molar-refractivity contribution in [3.05, 3.63) is 12.7 Å². The highest BCUT2D eigenvalue weighted by Crippen LogP contribution is 1.90. The van der Waals surface area contributed by atoms with Crippen molar-refractivity contribution in [2.75, 3.05) is 6.54 Å². The molecule has 0 heterocycles. The predicted octanol–water partition coefficient (Wildman–Crippen LogP) is 0.0595. The van der Waals surface area contributed by atoms with Crippen LogP contribution in [-0.4, -0.2) is 23.7 Å². The van der Waals surface area contributed by atoms with E-state index in [0.29, 0.717) is 13.0 Å². The Morgan fingerprint density at radius 3 is 2.90 bits per heavy atom. The third kappa shape index (κ3) is 3.25. The average Bonchev–Trinajstić information content (AvgIpc) is 1.89. The summed E-state index contributed by atoms with van der Waals surface area (Å²) in [4.78, 5) is 10.7. The molecule has 0 saturated heterocycles. The number of hydrogen-bond acceptors (Lipinski definition) is 2. The fourth-order valence-electron chi connectivity index (χ4n) is 0.557. The van der Waals surface area contributed by atoms with Gasteiger partial charge in [0.15, 0.2) is 0 Å². The lowest BCUT2D eigenvalue weighted by Gasteiger charge is -2.06. The molecule has 0 radical (unpaired) electrons. The Morgan fingerprint density at radius 1 is 1.90 bits per heavy atom. The number of aliphatic hydroxyl groups excluding tert-OH is 1. The second-order valence-corrected chi connectivity index (χ2v) is 1.93. The zero-order valence-corrected chi connectivity index (χ0v) is 6.13. The van der Waals surface area contributed by atoms with Crippen LogP contribution >= 0.6 is 0 Å². The Hall–Kier alpha value is -0.830. The first kappa shape index (κ1) is 9.17. The fraction of sp³-hybridized carbons (Fsp3) is 0.571. The van der Waals surface area contributed by atoms with Crippen LogP contribution in [0.1, 0.15) is 13.3 Å². The third-order valence-electron chi connectivity index (χ3n) is 1.04. The van der Waals surface area contributed by atoms with Gasteiger partial charge >= 0.3 is 0 Å². The average molecular weight is 143 g/mol. The van der Waals surface area contributed by atoms with Crippen molar-refractivity contribution < 1.29 is 9.90 Å². The highest BCUT2D eigenvalue weighted by atomic mass is 16.3. The van der Waals surface area contributed by atoms with Crippen LogP contribution in [0.25, 0.3) is 0 Å². The minimum atomic E-state index is -0.933. The lowest BCUT2D eigenvalue weighted by atomic mass is 10.2. The molecule has 0 rings (SSSR count). The molecular weight excluding hydrogens is 130 g/mol. The molecule has 0 fully saturated rings. The summed E-state index contributed by atoms with van der Waals surface area (Å²) in [5, 5.41) is 11.5. The first-order chi connectivity index (χ1) is 4.72. The zero-order chi connectivity index (χ0) is 7.98. The molecular formula is C7H13NO2. The number of likely N-dealkylation sites (N-methyl/N-ethyl adjacent to an activating group) is 1. The molecule has 1 amide bonds. The van der Waals surface area contributed by atoms with Crippen LogP contribution in [0.5, 0.6) is 0 Å². The van der Waals surface area contributed by atoms with Crippen LogP contribution in [0.2, 0.25) is 0 Å². The number of aliphatic hydroxyl groups is 1. The van der Waals surface area contributed by atoms with Crippen molar-refractivity contribution in [1.82, 2.24) is 5.32 Å². The lowest BCUT2D eigenvalue weighted by Crippen LogP contribution is -2.33. The van der Waals surface area contributed by atoms with Gasteiger partial charge in [0.2, 0.25) is 5.91 Å². The monoisotopic (exact) mass is 143 g/mol. The predicted molar refractivity (Wildman–Crippen MR) is 39.5 cm³/mol. The largest absolute Gasteiger partial charge is 0.383 e. The fourth-order valence-corrected chi connectivity index (χ4v) is 0.557. The summed E-state index contributed by atoms with van der Waals surface area (Å²) < 4.78 is 0. The summed E-state index contributed by atoms with van der Waals surface area (Å²) in [5.41, 5.74) is 0. The molecule has 0 aromatic carbocycles. The van der Waals surface area contributed by atoms with E-state index >= 15 is 0 Å². The van der Waals surface area contributed by atoms with Crippen molar-refractivity contribution >= 4 is 5.91 Å². The second kappa shape index (κ2) is 4.99. The van der Waals surface area contributed by atoms with Crippen LogP contribution in [0.15, 0.2) is 12.7 Å². The first-order valence-electron chi connectivity index (χ1n) is 3.29. The van der Waals surface area contributed by atoms with Gasteiger partial charge in [0.25, 0.3) is 0 Å². The summed E-state index contributed by atoms with van der Waals surface area (Å²) in [6.07, 6.45) is 0.892. The summed E-state index contributed by atoms with van der Waals surface area (Å²) in [7, 11) is 0. The van der Waals surface area contributed by atoms with Crippen LogP contribution < -0.4 is 5.32 Å². The highest BCUT2D eigenvalue weighted by molar-refractivity contribution is 5.80. The molecule has 0 bridgehead atoms. The topological polar surface area (TPSA) is 49.3 Å². The molecule has 2 N–H and O–H groups in total. The van der Waals surface area contributed by atoms with Crippen LogP contribution in [0.3, 0.4) is 0 Å². The number of carbonyl (C=O) groups excluding carboxylic acids is 1. The van der Waals surface area contributed by atoms with Gasteiger partial charge in [-0.25, -0.2) is 0 Å². The maximum absolute atomic E-state index is 10.7. The van der Waals surface area contributed by atoms with Crippen LogP contribution in [-0.2, 0) is 4.79 Å². The summed E-state index contributed by atoms with van der Waals surface area (Å²) >= 11 is 0. The Morgan fingerprint density at radius 2 is 2.50 bits per heavy atom. The molecule has 3 heteroatoms. The van der Waals surface area contributed by atoms with Gasteiger partial charge in [0.05, 0.1) is 0 Å². The second-order valence-electron chi connectivity index (χ2n) is 1.93. The van der Waals surface area contributed by atoms with Crippen LogP contribution in [0.4, 0.5) is 0 Å². The SMILES string of the molecule is C=CCC(O)C(=O)NCC. The van der Waals surface area contributed by atoms with Crippen LogP contribution in [0, 0.1) is 0 Å². The number of hydrogen-bond donors (Lipinski definition) is 2. The minimum absolute atomic E-state index is 0.311. The summed E-state index contributed by atoms with van der Waals surface area (Å²) in [5.74, 6) is -0.331. The molecule has 58 valence electrons. The summed E-state index contributed by atoms with van der Waals surface area (Å²) in [6.45, 7) is 5.76. The van der Waals surface area contributed by atoms with E-state index in [9.17, 15) is 4.79 Å². The first-order valence-corrected chi connectivity index (χ1v) is 3.29. The van der Waals surface area contributed by atoms with Gasteiger partial charge < -0.3 is 10.4 Å². The summed E-state index contributed by atoms with van der Waals surface area (Å²) in [6, 6.07) is 0. The highest BCUT2D eigenvalue weighted by Gasteiger charge is 2.10. The number of amides is 1. The molecule has 0 saturated carbocycles. The van der Waals surface area contributed by atoms with Crippen molar-refractivity contribution in [3.63, 3.8) is 0 Å². The maximum atomic E-state index is 10.7. The van der Waals surface area contributed by atoms with Gasteiger partial charge in [0, 0.05) is 13.0 Å². The van der Waals surface area contributed by atoms with E-state index in [1.807, 2.05) is 0 Å². The van der Waals surface area contributed by atoms with Crippen molar-refractivity contribution in [3.8, 4) is 0 Å². The Labute approximate surface area is 60.7 Å². The molecule has 1 atom stereocenters. The van der Waals surface area contributed by atoms with Gasteiger partial charge in [0.1, 0.15) is 6.10 Å². The minimum Gasteiger partial charge on any atom is -0.383 e. The van der Waals surface area contributed by atoms with Gasteiger partial charge in [-0.1, -0.05) is 6.08 Å². The standard InChI is InChI=1S/C7H13NO2/c1-3-5-6(9)7(10)8-4-2/h3,6,9H,1,4-5H2,2H3,(H,8,10). The number of rotatable bonds is 4. The Bertz CT molecular complexity index is 123. The van der Waals surface area contributed by atoms with E-state index in [1.54, 1.807) is 6.92 Å². The Kier molecular flexibility index (Phi) is 4.58. The smallest absolute Gasteiger partial charge is 0.249 e. The molecule has 0 aliphatic heterocycles. The lowest BCUT2D eigenvalue weighted by molar-refractivity contribution is -0.129. The van der Waals surface area contributed by atoms with Crippen molar-refractivity contribution in [2.45, 2.75) is 19.4 Å². The maximum Gasteiger partial charge on any atom is 0.249 e. The zero-order valence-electron chi connectivity index (χ0n) is 6.13. The van der Waals surface area contributed by atoms with Gasteiger partial charge in [-0.05, 0) is 6.92 Å². The molecule has 10 heavy (non-hydrogen) atoms. The van der Waals surface area contributed by atoms with Gasteiger partial charge in [-0.3, -0.25) is 4.79 Å². The van der Waals surface area contributed by atoms with E-state index in [4.69, 9.17) is 5.11 Å². The third-order valence-corrected chi connectivity index (χ3v) is 1.04. The van der Waals surface area contributed by atoms with E-state index in [2.05, 4.69) is 11.9 Å². The van der Waals surface area contributed by atoms with E-state index in [-0.39, 0.29) is 5.91 Å². The number of carbonyl (C=O) groups is 1.